The average Bonchev–Trinajstić information content (AvgIpc) is 3.29. The number of hydrogen-bond acceptors (Lipinski definition) is 0. The first kappa shape index (κ1) is 25.1. The summed E-state index contributed by atoms with van der Waals surface area (Å²) in [5.74, 6) is 0. The normalized spacial score (nSPS) is 10.5. The van der Waals surface area contributed by atoms with E-state index in [2.05, 4.69) is 45.9 Å². The molecule has 2 aromatic rings. The van der Waals surface area contributed by atoms with Crippen LogP contribution in [0.5, 0.6) is 0 Å². The molecule has 0 N–H and O–H groups in total. The van der Waals surface area contributed by atoms with E-state index < -0.39 is 0 Å². The predicted molar refractivity (Wildman–Crippen MR) is 118 cm³/mol. The van der Waals surface area contributed by atoms with Crippen LogP contribution in [0.15, 0.2) is 48.5 Å². The van der Waals surface area contributed by atoms with Gasteiger partial charge in [-0.25, -0.2) is 12.1 Å². The van der Waals surface area contributed by atoms with E-state index in [-0.39, 0.29) is 32.6 Å². The fraction of sp³-hybridized carbons (Fsp3) is 0.545. The van der Waals surface area contributed by atoms with Gasteiger partial charge in [-0.1, -0.05) is 53.4 Å². The maximum absolute atomic E-state index is 2.45. The van der Waals surface area contributed by atoms with Crippen LogP contribution in [0.4, 0.5) is 0 Å². The molecule has 0 aliphatic heterocycles. The van der Waals surface area contributed by atoms with Crippen LogP contribution in [0.25, 0.3) is 0 Å². The van der Waals surface area contributed by atoms with E-state index in [0.29, 0.717) is 0 Å². The van der Waals surface area contributed by atoms with E-state index in [1.807, 2.05) is 30.3 Å². The summed E-state index contributed by atoms with van der Waals surface area (Å²) in [5.41, 5.74) is 0. The van der Waals surface area contributed by atoms with Crippen LogP contribution in [0.2, 0.25) is 0 Å². The van der Waals surface area contributed by atoms with E-state index in [9.17, 15) is 0 Å². The first-order chi connectivity index (χ1) is 11.8. The quantitative estimate of drug-likeness (QED) is 0.297. The van der Waals surface area contributed by atoms with Gasteiger partial charge in [-0.2, -0.15) is 6.07 Å². The standard InChI is InChI=1S/C17H31P2.C5H5.Co/c1-5-12-18(13-6-2)16-10-9-11-17(16)19(14-7-3)15-8-4;1-2-4-5-3-1;/h9-11H,5-8,12-15H2,1-4H3;1-5H;/q-1;-5;. The molecule has 0 amide bonds. The third-order valence-electron chi connectivity index (χ3n) is 3.98. The van der Waals surface area contributed by atoms with Crippen molar-refractivity contribution in [1.82, 2.24) is 0 Å². The zero-order valence-electron chi connectivity index (χ0n) is 16.5. The molecule has 0 nitrogen and oxygen atoms in total. The molecule has 0 atom stereocenters. The van der Waals surface area contributed by atoms with Gasteiger partial charge in [-0.15, -0.1) is 26.5 Å². The summed E-state index contributed by atoms with van der Waals surface area (Å²) >= 11 is 0. The van der Waals surface area contributed by atoms with Crippen LogP contribution in [0.3, 0.4) is 0 Å². The second-order valence-electron chi connectivity index (χ2n) is 6.23. The Bertz CT molecular complexity index is 430. The molecule has 0 aromatic heterocycles. The van der Waals surface area contributed by atoms with Crippen LogP contribution in [-0.4, -0.2) is 24.6 Å². The Morgan fingerprint density at radius 3 is 1.60 bits per heavy atom. The molecule has 0 heterocycles. The van der Waals surface area contributed by atoms with Gasteiger partial charge in [0, 0.05) is 16.8 Å². The first-order valence-electron chi connectivity index (χ1n) is 9.70. The van der Waals surface area contributed by atoms with Gasteiger partial charge in [0.15, 0.2) is 0 Å². The second-order valence-corrected chi connectivity index (χ2v) is 11.1. The van der Waals surface area contributed by atoms with Gasteiger partial charge >= 0.3 is 0 Å². The Morgan fingerprint density at radius 2 is 1.20 bits per heavy atom. The molecular formula is C22H36CoP2-6. The summed E-state index contributed by atoms with van der Waals surface area (Å²) in [6, 6.07) is 17.2. The molecule has 0 saturated carbocycles. The second kappa shape index (κ2) is 16.3. The average molecular weight is 421 g/mol. The largest absolute Gasteiger partial charge is 0.748 e. The van der Waals surface area contributed by atoms with Crippen molar-refractivity contribution >= 4 is 26.5 Å². The monoisotopic (exact) mass is 421 g/mol. The van der Waals surface area contributed by atoms with Gasteiger partial charge in [0.05, 0.1) is 0 Å². The van der Waals surface area contributed by atoms with Crippen molar-refractivity contribution < 1.29 is 16.8 Å². The summed E-state index contributed by atoms with van der Waals surface area (Å²) < 4.78 is 0. The van der Waals surface area contributed by atoms with Gasteiger partial charge in [0.2, 0.25) is 0 Å². The molecule has 0 spiro atoms. The Kier molecular flexibility index (Phi) is 16.3. The number of rotatable bonds is 10. The molecule has 2 rings (SSSR count). The molecule has 149 valence electrons. The summed E-state index contributed by atoms with van der Waals surface area (Å²) in [6.07, 6.45) is 11.1. The predicted octanol–water partition coefficient (Wildman–Crippen LogP) is 6.66. The molecule has 25 heavy (non-hydrogen) atoms. The zero-order valence-corrected chi connectivity index (χ0v) is 19.3. The van der Waals surface area contributed by atoms with Crippen molar-refractivity contribution in [1.29, 1.82) is 0 Å². The van der Waals surface area contributed by atoms with E-state index >= 15 is 0 Å². The van der Waals surface area contributed by atoms with Crippen molar-refractivity contribution in [2.75, 3.05) is 24.6 Å². The topological polar surface area (TPSA) is 0 Å². The fourth-order valence-corrected chi connectivity index (χ4v) is 8.85. The minimum absolute atomic E-state index is 0. The van der Waals surface area contributed by atoms with Crippen molar-refractivity contribution in [2.24, 2.45) is 0 Å². The Morgan fingerprint density at radius 1 is 0.760 bits per heavy atom. The maximum Gasteiger partial charge on any atom is 0 e. The van der Waals surface area contributed by atoms with Crippen molar-refractivity contribution in [2.45, 2.75) is 53.4 Å². The van der Waals surface area contributed by atoms with Crippen LogP contribution >= 0.6 is 15.8 Å². The molecule has 0 fully saturated rings. The first-order valence-corrected chi connectivity index (χ1v) is 13.1. The molecular weight excluding hydrogens is 385 g/mol. The van der Waals surface area contributed by atoms with E-state index in [4.69, 9.17) is 0 Å². The molecule has 0 unspecified atom stereocenters. The van der Waals surface area contributed by atoms with E-state index in [1.165, 1.54) is 50.3 Å². The Labute approximate surface area is 169 Å². The molecule has 1 radical (unpaired) electrons. The van der Waals surface area contributed by atoms with Gasteiger partial charge in [0.1, 0.15) is 0 Å². The van der Waals surface area contributed by atoms with E-state index in [0.717, 1.165) is 0 Å². The van der Waals surface area contributed by atoms with Crippen molar-refractivity contribution in [3.05, 3.63) is 48.5 Å². The van der Waals surface area contributed by atoms with Crippen LogP contribution in [-0.2, 0) is 16.8 Å². The zero-order chi connectivity index (χ0) is 17.6. The summed E-state index contributed by atoms with van der Waals surface area (Å²) in [7, 11) is 0.245. The van der Waals surface area contributed by atoms with Gasteiger partial charge in [0.25, 0.3) is 0 Å². The molecule has 0 aliphatic rings. The molecule has 0 aliphatic carbocycles. The van der Waals surface area contributed by atoms with Gasteiger partial charge in [-0.3, -0.25) is 0 Å². The minimum Gasteiger partial charge on any atom is -0.748 e. The van der Waals surface area contributed by atoms with Gasteiger partial charge < -0.3 is 30.3 Å². The van der Waals surface area contributed by atoms with Gasteiger partial charge in [-0.05, 0) is 24.6 Å². The summed E-state index contributed by atoms with van der Waals surface area (Å²) in [4.78, 5) is 0. The molecule has 2 aromatic carbocycles. The van der Waals surface area contributed by atoms with Crippen molar-refractivity contribution in [3.63, 3.8) is 0 Å². The summed E-state index contributed by atoms with van der Waals surface area (Å²) in [6.45, 7) is 9.37. The maximum atomic E-state index is 2.45. The minimum atomic E-state index is 0. The number of hydrogen-bond donors (Lipinski definition) is 0. The molecule has 0 bridgehead atoms. The van der Waals surface area contributed by atoms with Crippen LogP contribution in [0.1, 0.15) is 53.4 Å². The fourth-order valence-electron chi connectivity index (χ4n) is 3.04. The third kappa shape index (κ3) is 9.53. The Hall–Kier alpha value is 0.0665. The molecule has 0 saturated heterocycles. The smallest absolute Gasteiger partial charge is 0 e. The van der Waals surface area contributed by atoms with E-state index in [1.54, 1.807) is 10.6 Å². The summed E-state index contributed by atoms with van der Waals surface area (Å²) in [5, 5.41) is 3.54. The Balaban J connectivity index is 0.000000820. The molecule has 3 heteroatoms. The van der Waals surface area contributed by atoms with Crippen LogP contribution < -0.4 is 10.6 Å². The van der Waals surface area contributed by atoms with Crippen LogP contribution in [0, 0.1) is 0 Å². The van der Waals surface area contributed by atoms with Crippen molar-refractivity contribution in [3.8, 4) is 0 Å². The SMILES string of the molecule is CCCP(CCC)c1ccc[c-]1P(CCC)CCC.[Co].[cH-]1[cH-][cH-][cH-][cH-]1. The third-order valence-corrected chi connectivity index (χ3v) is 10.2.